The Kier molecular flexibility index (Phi) is 7.85. The van der Waals surface area contributed by atoms with E-state index in [4.69, 9.17) is 9.47 Å². The largest absolute Gasteiger partial charge is 0.493 e. The lowest BCUT2D eigenvalue weighted by molar-refractivity contribution is -0.119. The van der Waals surface area contributed by atoms with Crippen molar-refractivity contribution in [1.29, 1.82) is 0 Å². The fourth-order valence-electron chi connectivity index (χ4n) is 3.82. The predicted molar refractivity (Wildman–Crippen MR) is 137 cm³/mol. The van der Waals surface area contributed by atoms with E-state index in [9.17, 15) is 13.2 Å². The summed E-state index contributed by atoms with van der Waals surface area (Å²) in [6.45, 7) is 5.58. The Morgan fingerprint density at radius 1 is 1.06 bits per heavy atom. The van der Waals surface area contributed by atoms with E-state index in [-0.39, 0.29) is 5.69 Å². The quantitative estimate of drug-likeness (QED) is 0.360. The van der Waals surface area contributed by atoms with Crippen LogP contribution in [0.15, 0.2) is 53.6 Å². The molecule has 1 aromatic heterocycles. The molecule has 0 bridgehead atoms. The maximum absolute atomic E-state index is 12.6. The van der Waals surface area contributed by atoms with Crippen LogP contribution in [0, 0.1) is 20.8 Å². The van der Waals surface area contributed by atoms with Gasteiger partial charge in [-0.1, -0.05) is 18.2 Å². The standard InChI is InChI=1S/C25H30N4O5S/c1-17-9-7-8-10-22(17)29-18(2)13-20(19(29)3)15-26-27-25(30)16-28(35(6,31)32)21-11-12-23(33-4)24(14-21)34-5/h7-15H,16H2,1-6H3,(H,27,30)/b26-15-. The fourth-order valence-corrected chi connectivity index (χ4v) is 4.67. The molecule has 0 aliphatic rings. The number of benzene rings is 2. The van der Waals surface area contributed by atoms with Gasteiger partial charge in [-0.05, 0) is 50.6 Å². The van der Waals surface area contributed by atoms with E-state index in [1.54, 1.807) is 18.3 Å². The molecule has 0 aliphatic carbocycles. The Morgan fingerprint density at radius 2 is 1.74 bits per heavy atom. The molecule has 0 saturated heterocycles. The summed E-state index contributed by atoms with van der Waals surface area (Å²) < 4.78 is 38.3. The Bertz CT molecular complexity index is 1360. The molecule has 10 heteroatoms. The third kappa shape index (κ3) is 5.83. The zero-order chi connectivity index (χ0) is 25.8. The van der Waals surface area contributed by atoms with E-state index < -0.39 is 22.5 Å². The van der Waals surface area contributed by atoms with E-state index in [0.717, 1.165) is 38.8 Å². The van der Waals surface area contributed by atoms with E-state index in [1.165, 1.54) is 20.3 Å². The molecule has 1 amide bonds. The van der Waals surface area contributed by atoms with Crippen molar-refractivity contribution >= 4 is 27.8 Å². The average molecular weight is 499 g/mol. The highest BCUT2D eigenvalue weighted by Gasteiger charge is 2.22. The molecular weight excluding hydrogens is 468 g/mol. The molecule has 0 atom stereocenters. The van der Waals surface area contributed by atoms with Crippen molar-refractivity contribution < 1.29 is 22.7 Å². The van der Waals surface area contributed by atoms with Gasteiger partial charge in [-0.15, -0.1) is 0 Å². The first kappa shape index (κ1) is 25.8. The van der Waals surface area contributed by atoms with Gasteiger partial charge in [-0.3, -0.25) is 9.10 Å². The van der Waals surface area contributed by atoms with Crippen molar-refractivity contribution in [2.45, 2.75) is 20.8 Å². The van der Waals surface area contributed by atoms with Crippen LogP contribution in [-0.2, 0) is 14.8 Å². The molecule has 0 radical (unpaired) electrons. The SMILES string of the molecule is COc1ccc(N(CC(=O)N/N=C\c2cc(C)n(-c3ccccc3C)c2C)S(C)(=O)=O)cc1OC. The van der Waals surface area contributed by atoms with Crippen LogP contribution >= 0.6 is 0 Å². The summed E-state index contributed by atoms with van der Waals surface area (Å²) in [7, 11) is -0.827. The highest BCUT2D eigenvalue weighted by atomic mass is 32.2. The Hall–Kier alpha value is -3.79. The van der Waals surface area contributed by atoms with Gasteiger partial charge in [0.05, 0.1) is 32.4 Å². The Labute approximate surface area is 206 Å². The summed E-state index contributed by atoms with van der Waals surface area (Å²) >= 11 is 0. The number of sulfonamides is 1. The van der Waals surface area contributed by atoms with Crippen LogP contribution in [0.3, 0.4) is 0 Å². The second-order valence-corrected chi connectivity index (χ2v) is 9.96. The van der Waals surface area contributed by atoms with Gasteiger partial charge in [0.25, 0.3) is 5.91 Å². The minimum absolute atomic E-state index is 0.269. The van der Waals surface area contributed by atoms with Crippen LogP contribution in [0.25, 0.3) is 5.69 Å². The average Bonchev–Trinajstić information content (AvgIpc) is 3.09. The first-order valence-electron chi connectivity index (χ1n) is 10.8. The minimum Gasteiger partial charge on any atom is -0.493 e. The highest BCUT2D eigenvalue weighted by molar-refractivity contribution is 7.92. The zero-order valence-electron chi connectivity index (χ0n) is 20.7. The molecule has 35 heavy (non-hydrogen) atoms. The lowest BCUT2D eigenvalue weighted by atomic mass is 10.2. The molecule has 3 aromatic rings. The van der Waals surface area contributed by atoms with E-state index in [1.807, 2.05) is 51.1 Å². The maximum atomic E-state index is 12.6. The normalized spacial score (nSPS) is 11.5. The van der Waals surface area contributed by atoms with Gasteiger partial charge in [0.2, 0.25) is 10.0 Å². The van der Waals surface area contributed by atoms with Crippen molar-refractivity contribution in [1.82, 2.24) is 9.99 Å². The van der Waals surface area contributed by atoms with Gasteiger partial charge in [-0.2, -0.15) is 5.10 Å². The number of ether oxygens (including phenoxy) is 2. The van der Waals surface area contributed by atoms with Crippen LogP contribution in [-0.4, -0.2) is 52.1 Å². The number of nitrogens with zero attached hydrogens (tertiary/aromatic N) is 3. The molecule has 186 valence electrons. The van der Waals surface area contributed by atoms with Crippen LogP contribution in [0.4, 0.5) is 5.69 Å². The number of carbonyl (C=O) groups excluding carboxylic acids is 1. The topological polar surface area (TPSA) is 102 Å². The van der Waals surface area contributed by atoms with Gasteiger partial charge < -0.3 is 14.0 Å². The molecule has 0 spiro atoms. The number of para-hydroxylation sites is 1. The zero-order valence-corrected chi connectivity index (χ0v) is 21.5. The van der Waals surface area contributed by atoms with Crippen molar-refractivity contribution in [3.8, 4) is 17.2 Å². The molecule has 1 heterocycles. The van der Waals surface area contributed by atoms with Gasteiger partial charge in [0.15, 0.2) is 11.5 Å². The first-order chi connectivity index (χ1) is 16.6. The second kappa shape index (κ2) is 10.6. The van der Waals surface area contributed by atoms with Crippen LogP contribution in [0.5, 0.6) is 11.5 Å². The molecule has 0 aliphatic heterocycles. The number of rotatable bonds is 9. The molecule has 3 rings (SSSR count). The highest BCUT2D eigenvalue weighted by Crippen LogP contribution is 2.32. The Morgan fingerprint density at radius 3 is 2.37 bits per heavy atom. The predicted octanol–water partition coefficient (Wildman–Crippen LogP) is 3.34. The van der Waals surface area contributed by atoms with E-state index in [0.29, 0.717) is 11.5 Å². The van der Waals surface area contributed by atoms with E-state index >= 15 is 0 Å². The summed E-state index contributed by atoms with van der Waals surface area (Å²) in [4.78, 5) is 12.6. The number of methoxy groups -OCH3 is 2. The fraction of sp³-hybridized carbons (Fsp3) is 0.280. The third-order valence-corrected chi connectivity index (χ3v) is 6.70. The number of amides is 1. The summed E-state index contributed by atoms with van der Waals surface area (Å²) in [5.74, 6) is 0.206. The minimum atomic E-state index is -3.76. The number of aryl methyl sites for hydroxylation is 2. The summed E-state index contributed by atoms with van der Waals surface area (Å²) in [5, 5.41) is 4.06. The monoisotopic (exact) mass is 498 g/mol. The molecule has 1 N–H and O–H groups in total. The first-order valence-corrected chi connectivity index (χ1v) is 12.7. The number of carbonyl (C=O) groups is 1. The summed E-state index contributed by atoms with van der Waals surface area (Å²) in [6, 6.07) is 14.7. The van der Waals surface area contributed by atoms with Crippen LogP contribution < -0.4 is 19.2 Å². The molecule has 0 unspecified atom stereocenters. The molecule has 0 fully saturated rings. The number of hydrazone groups is 1. The van der Waals surface area contributed by atoms with Gasteiger partial charge in [0, 0.05) is 28.7 Å². The van der Waals surface area contributed by atoms with Gasteiger partial charge in [0.1, 0.15) is 6.54 Å². The molecule has 0 saturated carbocycles. The van der Waals surface area contributed by atoms with Crippen LogP contribution in [0.1, 0.15) is 22.5 Å². The number of hydrogen-bond donors (Lipinski definition) is 1. The number of nitrogens with one attached hydrogen (secondary N) is 1. The third-order valence-electron chi connectivity index (χ3n) is 5.56. The Balaban J connectivity index is 1.77. The summed E-state index contributed by atoms with van der Waals surface area (Å²) in [6.07, 6.45) is 2.58. The van der Waals surface area contributed by atoms with Crippen LogP contribution in [0.2, 0.25) is 0 Å². The van der Waals surface area contributed by atoms with Crippen molar-refractivity contribution in [2.24, 2.45) is 5.10 Å². The molecule has 9 nitrogen and oxygen atoms in total. The molecular formula is C25H30N4O5S. The maximum Gasteiger partial charge on any atom is 0.260 e. The van der Waals surface area contributed by atoms with Gasteiger partial charge >= 0.3 is 0 Å². The van der Waals surface area contributed by atoms with Crippen molar-refractivity contribution in [3.05, 3.63) is 71.0 Å². The lowest BCUT2D eigenvalue weighted by Crippen LogP contribution is -2.39. The van der Waals surface area contributed by atoms with Crippen molar-refractivity contribution in [2.75, 3.05) is 31.3 Å². The second-order valence-electron chi connectivity index (χ2n) is 8.05. The molecule has 2 aromatic carbocycles. The van der Waals surface area contributed by atoms with E-state index in [2.05, 4.69) is 15.1 Å². The number of anilines is 1. The van der Waals surface area contributed by atoms with Gasteiger partial charge in [-0.25, -0.2) is 13.8 Å². The number of aromatic nitrogens is 1. The summed E-state index contributed by atoms with van der Waals surface area (Å²) in [5.41, 5.74) is 7.74. The lowest BCUT2D eigenvalue weighted by Gasteiger charge is -2.22. The smallest absolute Gasteiger partial charge is 0.260 e. The van der Waals surface area contributed by atoms with Crippen molar-refractivity contribution in [3.63, 3.8) is 0 Å². The number of hydrogen-bond acceptors (Lipinski definition) is 6.